The lowest BCUT2D eigenvalue weighted by Crippen LogP contribution is -2.00. The minimum atomic E-state index is 0.565. The predicted octanol–water partition coefficient (Wildman–Crippen LogP) is 5.31. The average Bonchev–Trinajstić information content (AvgIpc) is 3.13. The van der Waals surface area contributed by atoms with E-state index < -0.39 is 0 Å². The van der Waals surface area contributed by atoms with E-state index in [2.05, 4.69) is 38.8 Å². The van der Waals surface area contributed by atoms with Crippen LogP contribution in [0.15, 0.2) is 64.0 Å². The smallest absolute Gasteiger partial charge is 0.228 e. The normalized spacial score (nSPS) is 11.0. The van der Waals surface area contributed by atoms with Crippen LogP contribution in [0, 0.1) is 0 Å². The van der Waals surface area contributed by atoms with Crippen LogP contribution in [0.25, 0.3) is 22.4 Å². The molecule has 0 amide bonds. The van der Waals surface area contributed by atoms with Gasteiger partial charge in [0.2, 0.25) is 5.58 Å². The van der Waals surface area contributed by atoms with E-state index in [1.807, 2.05) is 49.4 Å². The maximum atomic E-state index is 5.62. The van der Waals surface area contributed by atoms with Crippen molar-refractivity contribution in [2.24, 2.45) is 0 Å². The van der Waals surface area contributed by atoms with Crippen molar-refractivity contribution >= 4 is 34.4 Å². The van der Waals surface area contributed by atoms with Gasteiger partial charge in [0.15, 0.2) is 5.82 Å². The highest BCUT2D eigenvalue weighted by molar-refractivity contribution is 7.98. The minimum Gasteiger partial charge on any atom is -0.350 e. The van der Waals surface area contributed by atoms with E-state index in [9.17, 15) is 0 Å². The zero-order chi connectivity index (χ0) is 17.9. The van der Waals surface area contributed by atoms with Gasteiger partial charge in [0.25, 0.3) is 0 Å². The molecule has 2 heterocycles. The first-order valence-electron chi connectivity index (χ1n) is 8.41. The molecule has 0 saturated heterocycles. The van der Waals surface area contributed by atoms with Crippen molar-refractivity contribution in [1.82, 2.24) is 15.1 Å². The molecule has 5 nitrogen and oxygen atoms in total. The van der Waals surface area contributed by atoms with Crippen LogP contribution in [0.5, 0.6) is 0 Å². The summed E-state index contributed by atoms with van der Waals surface area (Å²) in [6, 6.07) is 18.1. The molecule has 130 valence electrons. The molecule has 2 aromatic heterocycles. The number of aryl methyl sites for hydroxylation is 1. The second-order valence-corrected chi connectivity index (χ2v) is 6.65. The van der Waals surface area contributed by atoms with Crippen LogP contribution in [0.3, 0.4) is 0 Å². The molecule has 2 aromatic carbocycles. The van der Waals surface area contributed by atoms with E-state index in [-0.39, 0.29) is 0 Å². The first kappa shape index (κ1) is 16.6. The molecule has 1 N–H and O–H groups in total. The summed E-state index contributed by atoms with van der Waals surface area (Å²) in [6.45, 7) is 2.04. The summed E-state index contributed by atoms with van der Waals surface area (Å²) in [5.74, 6) is 1.39. The fraction of sp³-hybridized carbons (Fsp3) is 0.150. The number of nitrogens with one attached hydrogen (secondary N) is 1. The van der Waals surface area contributed by atoms with Gasteiger partial charge in [-0.1, -0.05) is 48.5 Å². The van der Waals surface area contributed by atoms with Crippen LogP contribution >= 0.6 is 11.8 Å². The zero-order valence-corrected chi connectivity index (χ0v) is 15.4. The third kappa shape index (κ3) is 3.15. The molecule has 0 radical (unpaired) electrons. The van der Waals surface area contributed by atoms with Gasteiger partial charge in [0.1, 0.15) is 17.0 Å². The Hall–Kier alpha value is -2.86. The number of hydrogen-bond donors (Lipinski definition) is 1. The third-order valence-corrected chi connectivity index (χ3v) is 4.79. The fourth-order valence-electron chi connectivity index (χ4n) is 2.74. The Morgan fingerprint density at radius 2 is 1.88 bits per heavy atom. The molecule has 0 aliphatic heterocycles. The molecule has 6 heteroatoms. The number of aromatic nitrogens is 3. The van der Waals surface area contributed by atoms with E-state index >= 15 is 0 Å². The van der Waals surface area contributed by atoms with Crippen molar-refractivity contribution in [3.8, 4) is 11.3 Å². The Morgan fingerprint density at radius 3 is 2.65 bits per heavy atom. The van der Waals surface area contributed by atoms with Crippen LogP contribution in [-0.4, -0.2) is 21.4 Å². The maximum Gasteiger partial charge on any atom is 0.228 e. The standard InChI is InChI=1S/C20H18N4OS/c1-3-16-22-18-17(13-8-5-4-6-9-13)24-25-19(18)20(23-16)21-14-10-7-11-15(12-14)26-2/h4-12H,3H2,1-2H3,(H,21,22,23). The summed E-state index contributed by atoms with van der Waals surface area (Å²) >= 11 is 1.70. The van der Waals surface area contributed by atoms with Gasteiger partial charge < -0.3 is 9.84 Å². The number of thioether (sulfide) groups is 1. The van der Waals surface area contributed by atoms with Gasteiger partial charge in [-0.15, -0.1) is 11.8 Å². The van der Waals surface area contributed by atoms with Gasteiger partial charge in [-0.05, 0) is 24.5 Å². The van der Waals surface area contributed by atoms with Crippen LogP contribution in [0.2, 0.25) is 0 Å². The number of nitrogens with zero attached hydrogens (tertiary/aromatic N) is 3. The monoisotopic (exact) mass is 362 g/mol. The van der Waals surface area contributed by atoms with E-state index in [1.165, 1.54) is 4.90 Å². The number of hydrogen-bond acceptors (Lipinski definition) is 6. The highest BCUT2D eigenvalue weighted by atomic mass is 32.2. The number of rotatable bonds is 5. The predicted molar refractivity (Wildman–Crippen MR) is 106 cm³/mol. The molecule has 0 unspecified atom stereocenters. The Balaban J connectivity index is 1.83. The van der Waals surface area contributed by atoms with Crippen molar-refractivity contribution in [2.45, 2.75) is 18.2 Å². The van der Waals surface area contributed by atoms with Gasteiger partial charge in [0.05, 0.1) is 0 Å². The topological polar surface area (TPSA) is 63.8 Å². The molecular weight excluding hydrogens is 344 g/mol. The second-order valence-electron chi connectivity index (χ2n) is 5.77. The second kappa shape index (κ2) is 7.17. The minimum absolute atomic E-state index is 0.565. The lowest BCUT2D eigenvalue weighted by atomic mass is 10.1. The van der Waals surface area contributed by atoms with E-state index in [0.29, 0.717) is 11.4 Å². The van der Waals surface area contributed by atoms with Gasteiger partial charge in [-0.25, -0.2) is 9.97 Å². The van der Waals surface area contributed by atoms with E-state index in [4.69, 9.17) is 4.52 Å². The fourth-order valence-corrected chi connectivity index (χ4v) is 3.20. The molecule has 0 spiro atoms. The average molecular weight is 362 g/mol. The first-order valence-corrected chi connectivity index (χ1v) is 9.63. The van der Waals surface area contributed by atoms with Crippen molar-refractivity contribution in [3.63, 3.8) is 0 Å². The molecule has 0 fully saturated rings. The number of benzene rings is 2. The van der Waals surface area contributed by atoms with Crippen LogP contribution in [0.4, 0.5) is 11.5 Å². The first-order chi connectivity index (χ1) is 12.8. The van der Waals surface area contributed by atoms with Gasteiger partial charge in [-0.3, -0.25) is 0 Å². The molecule has 4 aromatic rings. The quantitative estimate of drug-likeness (QED) is 0.485. The molecule has 0 aliphatic rings. The summed E-state index contributed by atoms with van der Waals surface area (Å²) in [6.07, 6.45) is 2.79. The summed E-state index contributed by atoms with van der Waals surface area (Å²) in [4.78, 5) is 10.4. The van der Waals surface area contributed by atoms with Gasteiger partial charge >= 0.3 is 0 Å². The zero-order valence-electron chi connectivity index (χ0n) is 14.6. The van der Waals surface area contributed by atoms with Crippen LogP contribution in [0.1, 0.15) is 12.7 Å². The molecule has 0 bridgehead atoms. The summed E-state index contributed by atoms with van der Waals surface area (Å²) < 4.78 is 5.62. The number of fused-ring (bicyclic) bond motifs is 1. The van der Waals surface area contributed by atoms with Gasteiger partial charge in [0, 0.05) is 22.6 Å². The highest BCUT2D eigenvalue weighted by Crippen LogP contribution is 2.32. The van der Waals surface area contributed by atoms with Crippen LogP contribution in [-0.2, 0) is 6.42 Å². The third-order valence-electron chi connectivity index (χ3n) is 4.06. The van der Waals surface area contributed by atoms with E-state index in [0.717, 1.165) is 34.7 Å². The van der Waals surface area contributed by atoms with Crippen molar-refractivity contribution in [1.29, 1.82) is 0 Å². The Bertz CT molecular complexity index is 1050. The maximum absolute atomic E-state index is 5.62. The summed E-state index contributed by atoms with van der Waals surface area (Å²) in [5, 5.41) is 7.62. The highest BCUT2D eigenvalue weighted by Gasteiger charge is 2.18. The SMILES string of the molecule is CCc1nc(Nc2cccc(SC)c2)c2onc(-c3ccccc3)c2n1. The largest absolute Gasteiger partial charge is 0.350 e. The Kier molecular flexibility index (Phi) is 4.58. The molecule has 0 atom stereocenters. The lowest BCUT2D eigenvalue weighted by molar-refractivity contribution is 0.459. The lowest BCUT2D eigenvalue weighted by Gasteiger charge is -2.08. The van der Waals surface area contributed by atoms with Crippen molar-refractivity contribution in [2.75, 3.05) is 11.6 Å². The van der Waals surface area contributed by atoms with Crippen molar-refractivity contribution < 1.29 is 4.52 Å². The Morgan fingerprint density at radius 1 is 1.04 bits per heavy atom. The van der Waals surface area contributed by atoms with Gasteiger partial charge in [-0.2, -0.15) is 0 Å². The molecule has 0 saturated carbocycles. The van der Waals surface area contributed by atoms with Crippen LogP contribution < -0.4 is 5.32 Å². The number of anilines is 2. The molecule has 26 heavy (non-hydrogen) atoms. The summed E-state index contributed by atoms with van der Waals surface area (Å²) in [7, 11) is 0. The summed E-state index contributed by atoms with van der Waals surface area (Å²) in [5.41, 5.74) is 3.96. The Labute approximate surface area is 155 Å². The molecule has 4 rings (SSSR count). The van der Waals surface area contributed by atoms with E-state index in [1.54, 1.807) is 11.8 Å². The van der Waals surface area contributed by atoms with Crippen molar-refractivity contribution in [3.05, 3.63) is 60.4 Å². The molecule has 0 aliphatic carbocycles. The molecular formula is C20H18N4OS.